The summed E-state index contributed by atoms with van der Waals surface area (Å²) in [5.41, 5.74) is 1.15. The van der Waals surface area contributed by atoms with Gasteiger partial charge in [0.25, 0.3) is 0 Å². The van der Waals surface area contributed by atoms with Crippen LogP contribution in [0.3, 0.4) is 0 Å². The molecule has 0 radical (unpaired) electrons. The Balaban J connectivity index is 2.36. The molecule has 0 bridgehead atoms. The monoisotopic (exact) mass is 347 g/mol. The Morgan fingerprint density at radius 3 is 2.52 bits per heavy atom. The lowest BCUT2D eigenvalue weighted by molar-refractivity contribution is -0.143. The summed E-state index contributed by atoms with van der Waals surface area (Å²) in [6, 6.07) is 7.76. The summed E-state index contributed by atoms with van der Waals surface area (Å²) in [4.78, 5) is 11.2. The van der Waals surface area contributed by atoms with E-state index in [2.05, 4.69) is 0 Å². The minimum absolute atomic E-state index is 0.000405. The molecule has 5 nitrogen and oxygen atoms in total. The molecule has 1 unspecified atom stereocenters. The number of benzene rings is 1. The molecule has 1 atom stereocenters. The molecule has 1 aromatic rings. The van der Waals surface area contributed by atoms with E-state index < -0.39 is 5.97 Å². The van der Waals surface area contributed by atoms with Crippen LogP contribution in [-0.2, 0) is 11.2 Å². The number of unbranched alkanes of at least 4 members (excludes halogenated alkanes) is 3. The number of hydrogen-bond acceptors (Lipinski definition) is 4. The standard InChI is InChI=1S/C20H29NO4/c1-15(2)17(20(22)23)9-7-5-4-6-8-16-10-11-18(24-3)19(14-16)25-13-12-21/h10-11,14-15,17H,4-9,13H2,1-3H3,(H,22,23). The smallest absolute Gasteiger partial charge is 0.306 e. The molecule has 1 rings (SSSR count). The predicted molar refractivity (Wildman–Crippen MR) is 96.9 cm³/mol. The van der Waals surface area contributed by atoms with Gasteiger partial charge in [-0.15, -0.1) is 0 Å². The largest absolute Gasteiger partial charge is 0.493 e. The second-order valence-corrected chi connectivity index (χ2v) is 6.57. The van der Waals surface area contributed by atoms with Crippen molar-refractivity contribution >= 4 is 5.97 Å². The van der Waals surface area contributed by atoms with Crippen molar-refractivity contribution in [2.24, 2.45) is 11.8 Å². The number of carboxylic acids is 1. The van der Waals surface area contributed by atoms with Crippen LogP contribution in [0.5, 0.6) is 11.5 Å². The molecule has 25 heavy (non-hydrogen) atoms. The Kier molecular flexibility index (Phi) is 9.46. The highest BCUT2D eigenvalue weighted by Gasteiger charge is 2.20. The third-order valence-electron chi connectivity index (χ3n) is 4.37. The summed E-state index contributed by atoms with van der Waals surface area (Å²) in [5, 5.41) is 17.8. The molecule has 0 aliphatic carbocycles. The van der Waals surface area contributed by atoms with Crippen molar-refractivity contribution in [3.63, 3.8) is 0 Å². The van der Waals surface area contributed by atoms with E-state index in [1.54, 1.807) is 7.11 Å². The van der Waals surface area contributed by atoms with Gasteiger partial charge in [-0.05, 0) is 42.9 Å². The molecule has 1 N–H and O–H groups in total. The maximum atomic E-state index is 11.2. The number of rotatable bonds is 12. The number of carboxylic acid groups (broad SMARTS) is 1. The fourth-order valence-corrected chi connectivity index (χ4v) is 2.89. The Morgan fingerprint density at radius 1 is 1.20 bits per heavy atom. The maximum Gasteiger partial charge on any atom is 0.306 e. The minimum atomic E-state index is -0.682. The van der Waals surface area contributed by atoms with Gasteiger partial charge in [-0.2, -0.15) is 5.26 Å². The van der Waals surface area contributed by atoms with Crippen molar-refractivity contribution in [2.75, 3.05) is 13.7 Å². The zero-order valence-electron chi connectivity index (χ0n) is 15.5. The van der Waals surface area contributed by atoms with Gasteiger partial charge in [0.1, 0.15) is 6.07 Å². The molecule has 138 valence electrons. The average Bonchev–Trinajstić information content (AvgIpc) is 2.58. The maximum absolute atomic E-state index is 11.2. The van der Waals surface area contributed by atoms with Crippen molar-refractivity contribution < 1.29 is 19.4 Å². The topological polar surface area (TPSA) is 79.6 Å². The molecule has 0 saturated carbocycles. The molecule has 0 heterocycles. The molecule has 0 spiro atoms. The van der Waals surface area contributed by atoms with Gasteiger partial charge in [-0.1, -0.05) is 39.2 Å². The average molecular weight is 347 g/mol. The van der Waals surface area contributed by atoms with Gasteiger partial charge in [-0.25, -0.2) is 0 Å². The Morgan fingerprint density at radius 2 is 1.92 bits per heavy atom. The normalized spacial score (nSPS) is 11.8. The van der Waals surface area contributed by atoms with E-state index in [9.17, 15) is 9.90 Å². The zero-order valence-corrected chi connectivity index (χ0v) is 15.5. The summed E-state index contributed by atoms with van der Waals surface area (Å²) in [5.74, 6) is 0.498. The molecular formula is C20H29NO4. The summed E-state index contributed by atoms with van der Waals surface area (Å²) in [7, 11) is 1.58. The van der Waals surface area contributed by atoms with Gasteiger partial charge >= 0.3 is 5.97 Å². The van der Waals surface area contributed by atoms with Crippen LogP contribution in [0, 0.1) is 23.2 Å². The van der Waals surface area contributed by atoms with Crippen molar-refractivity contribution in [1.82, 2.24) is 0 Å². The van der Waals surface area contributed by atoms with Crippen LogP contribution >= 0.6 is 0 Å². The van der Waals surface area contributed by atoms with Gasteiger partial charge in [0, 0.05) is 0 Å². The molecule has 0 aliphatic rings. The highest BCUT2D eigenvalue weighted by Crippen LogP contribution is 2.28. The lowest BCUT2D eigenvalue weighted by Crippen LogP contribution is -2.19. The first-order valence-electron chi connectivity index (χ1n) is 8.89. The highest BCUT2D eigenvalue weighted by atomic mass is 16.5. The zero-order chi connectivity index (χ0) is 18.7. The van der Waals surface area contributed by atoms with Crippen LogP contribution in [0.1, 0.15) is 51.5 Å². The third-order valence-corrected chi connectivity index (χ3v) is 4.37. The number of aryl methyl sites for hydroxylation is 1. The van der Waals surface area contributed by atoms with E-state index in [0.717, 1.165) is 44.1 Å². The fourth-order valence-electron chi connectivity index (χ4n) is 2.89. The number of carbonyl (C=O) groups is 1. The van der Waals surface area contributed by atoms with Gasteiger partial charge < -0.3 is 14.6 Å². The molecule has 0 fully saturated rings. The van der Waals surface area contributed by atoms with E-state index in [0.29, 0.717) is 11.5 Å². The first-order valence-corrected chi connectivity index (χ1v) is 8.89. The summed E-state index contributed by atoms with van der Waals surface area (Å²) in [6.45, 7) is 3.93. The quantitative estimate of drug-likeness (QED) is 0.565. The van der Waals surface area contributed by atoms with E-state index in [1.807, 2.05) is 38.1 Å². The predicted octanol–water partition coefficient (Wildman–Crippen LogP) is 4.45. The second kappa shape index (κ2) is 11.4. The number of nitrogens with zero attached hydrogens (tertiary/aromatic N) is 1. The molecule has 0 aliphatic heterocycles. The molecular weight excluding hydrogens is 318 g/mol. The first-order chi connectivity index (χ1) is 12.0. The van der Waals surface area contributed by atoms with Crippen LogP contribution in [0.25, 0.3) is 0 Å². The Bertz CT molecular complexity index is 578. The molecule has 0 amide bonds. The fraction of sp³-hybridized carbons (Fsp3) is 0.600. The van der Waals surface area contributed by atoms with Crippen LogP contribution < -0.4 is 9.47 Å². The van der Waals surface area contributed by atoms with E-state index in [1.165, 1.54) is 0 Å². The third kappa shape index (κ3) is 7.47. The van der Waals surface area contributed by atoms with Crippen molar-refractivity contribution in [3.05, 3.63) is 23.8 Å². The Labute approximate surface area is 150 Å². The summed E-state index contributed by atoms with van der Waals surface area (Å²) in [6.07, 6.45) is 5.80. The molecule has 5 heteroatoms. The Hall–Kier alpha value is -2.22. The number of aliphatic carboxylic acids is 1. The molecule has 1 aromatic carbocycles. The van der Waals surface area contributed by atoms with E-state index in [-0.39, 0.29) is 18.4 Å². The van der Waals surface area contributed by atoms with E-state index in [4.69, 9.17) is 14.7 Å². The van der Waals surface area contributed by atoms with Gasteiger partial charge in [0.2, 0.25) is 0 Å². The highest BCUT2D eigenvalue weighted by molar-refractivity contribution is 5.70. The SMILES string of the molecule is COc1ccc(CCCCCCC(C(=O)O)C(C)C)cc1OCC#N. The van der Waals surface area contributed by atoms with Gasteiger partial charge in [0.05, 0.1) is 13.0 Å². The minimum Gasteiger partial charge on any atom is -0.493 e. The van der Waals surface area contributed by atoms with Crippen LogP contribution in [-0.4, -0.2) is 24.8 Å². The van der Waals surface area contributed by atoms with Crippen molar-refractivity contribution in [3.8, 4) is 17.6 Å². The second-order valence-electron chi connectivity index (χ2n) is 6.57. The van der Waals surface area contributed by atoms with Gasteiger partial charge in [0.15, 0.2) is 18.1 Å². The van der Waals surface area contributed by atoms with Crippen molar-refractivity contribution in [2.45, 2.75) is 52.4 Å². The lowest BCUT2D eigenvalue weighted by Gasteiger charge is -2.15. The molecule has 0 aromatic heterocycles. The summed E-state index contributed by atoms with van der Waals surface area (Å²) >= 11 is 0. The van der Waals surface area contributed by atoms with Gasteiger partial charge in [-0.3, -0.25) is 4.79 Å². The number of hydrogen-bond donors (Lipinski definition) is 1. The van der Waals surface area contributed by atoms with Crippen molar-refractivity contribution in [1.29, 1.82) is 5.26 Å². The first kappa shape index (κ1) is 20.8. The van der Waals surface area contributed by atoms with E-state index >= 15 is 0 Å². The lowest BCUT2D eigenvalue weighted by atomic mass is 9.90. The van der Waals surface area contributed by atoms with Crippen LogP contribution in [0.2, 0.25) is 0 Å². The number of ether oxygens (including phenoxy) is 2. The van der Waals surface area contributed by atoms with Crippen LogP contribution in [0.15, 0.2) is 18.2 Å². The molecule has 0 saturated heterocycles. The number of methoxy groups -OCH3 is 1. The van der Waals surface area contributed by atoms with Crippen LogP contribution in [0.4, 0.5) is 0 Å². The number of nitriles is 1. The summed E-state index contributed by atoms with van der Waals surface area (Å²) < 4.78 is 10.6.